The van der Waals surface area contributed by atoms with Gasteiger partial charge in [0.2, 0.25) is 0 Å². The average Bonchev–Trinajstić information content (AvgIpc) is 2.31. The fraction of sp³-hybridized carbons (Fsp3) is 0.571. The van der Waals surface area contributed by atoms with Gasteiger partial charge < -0.3 is 20.8 Å². The van der Waals surface area contributed by atoms with E-state index in [9.17, 15) is 9.90 Å². The number of hydrogen-bond donors (Lipinski definition) is 4. The molecule has 0 saturated heterocycles. The molecule has 0 aromatic carbocycles. The Hall–Kier alpha value is -1.27. The molecule has 6 heteroatoms. The Labute approximate surface area is 74.9 Å². The van der Waals surface area contributed by atoms with E-state index in [0.29, 0.717) is 5.76 Å². The molecule has 1 aliphatic heterocycles. The Balaban J connectivity index is 2.63. The Morgan fingerprint density at radius 1 is 1.77 bits per heavy atom. The number of hydrogen-bond acceptors (Lipinski definition) is 5. The van der Waals surface area contributed by atoms with Gasteiger partial charge in [-0.15, -0.1) is 5.48 Å². The van der Waals surface area contributed by atoms with Gasteiger partial charge in [-0.25, -0.2) is 0 Å². The second-order valence-corrected chi connectivity index (χ2v) is 2.93. The zero-order valence-corrected chi connectivity index (χ0v) is 7.20. The van der Waals surface area contributed by atoms with Crippen LogP contribution in [0.2, 0.25) is 0 Å². The number of carboxylic acid groups (broad SMARTS) is 1. The Morgan fingerprint density at radius 2 is 2.38 bits per heavy atom. The van der Waals surface area contributed by atoms with Gasteiger partial charge in [0, 0.05) is 12.8 Å². The Kier molecular flexibility index (Phi) is 2.44. The van der Waals surface area contributed by atoms with Crippen molar-refractivity contribution >= 4 is 5.97 Å². The van der Waals surface area contributed by atoms with Crippen LogP contribution in [0.5, 0.6) is 0 Å². The van der Waals surface area contributed by atoms with E-state index in [4.69, 9.17) is 15.7 Å². The molecule has 0 aromatic heterocycles. The first-order valence-corrected chi connectivity index (χ1v) is 3.81. The second kappa shape index (κ2) is 3.23. The van der Waals surface area contributed by atoms with E-state index in [-0.39, 0.29) is 18.5 Å². The predicted molar refractivity (Wildman–Crippen MR) is 42.9 cm³/mol. The minimum Gasteiger partial charge on any atom is -0.481 e. The number of aliphatic carboxylic acids is 1. The molecule has 0 amide bonds. The number of carboxylic acids is 1. The molecular weight excluding hydrogens is 176 g/mol. The van der Waals surface area contributed by atoms with Crippen LogP contribution in [0, 0.1) is 0 Å². The van der Waals surface area contributed by atoms with E-state index < -0.39 is 11.7 Å². The molecular formula is C7H12N2O4. The third-order valence-corrected chi connectivity index (χ3v) is 1.90. The molecule has 0 radical (unpaired) electrons. The largest absolute Gasteiger partial charge is 0.481 e. The van der Waals surface area contributed by atoms with Crippen molar-refractivity contribution in [3.8, 4) is 0 Å². The molecule has 0 fully saturated rings. The van der Waals surface area contributed by atoms with Crippen LogP contribution in [0.4, 0.5) is 0 Å². The minimum atomic E-state index is -1.54. The maximum absolute atomic E-state index is 10.2. The lowest BCUT2D eigenvalue weighted by molar-refractivity contribution is -0.139. The third kappa shape index (κ3) is 1.90. The van der Waals surface area contributed by atoms with Gasteiger partial charge >= 0.3 is 5.97 Å². The molecule has 74 valence electrons. The van der Waals surface area contributed by atoms with Crippen molar-refractivity contribution < 1.29 is 19.8 Å². The smallest absolute Gasteiger partial charge is 0.303 e. The minimum absolute atomic E-state index is 0.0223. The summed E-state index contributed by atoms with van der Waals surface area (Å²) in [5.74, 6) is -0.625. The molecule has 1 heterocycles. The third-order valence-electron chi connectivity index (χ3n) is 1.90. The lowest BCUT2D eigenvalue weighted by atomic mass is 10.0. The van der Waals surface area contributed by atoms with Crippen molar-refractivity contribution in [1.82, 2.24) is 5.48 Å². The SMILES string of the molecule is CC1=C(N)C(O)(CCC(=O)O)NO1. The molecule has 0 spiro atoms. The van der Waals surface area contributed by atoms with E-state index in [1.807, 2.05) is 0 Å². The molecule has 0 aliphatic carbocycles. The van der Waals surface area contributed by atoms with Gasteiger partial charge in [-0.3, -0.25) is 4.79 Å². The normalized spacial score (nSPS) is 27.5. The van der Waals surface area contributed by atoms with E-state index in [1.165, 1.54) is 0 Å². The van der Waals surface area contributed by atoms with Gasteiger partial charge in [0.1, 0.15) is 5.76 Å². The van der Waals surface area contributed by atoms with E-state index >= 15 is 0 Å². The molecule has 5 N–H and O–H groups in total. The Morgan fingerprint density at radius 3 is 2.77 bits per heavy atom. The van der Waals surface area contributed by atoms with Gasteiger partial charge in [0.25, 0.3) is 0 Å². The number of allylic oxidation sites excluding steroid dienone is 1. The topological polar surface area (TPSA) is 105 Å². The van der Waals surface area contributed by atoms with Gasteiger partial charge in [-0.1, -0.05) is 0 Å². The van der Waals surface area contributed by atoms with Gasteiger partial charge in [0.15, 0.2) is 5.72 Å². The number of nitrogens with two attached hydrogens (primary N) is 1. The summed E-state index contributed by atoms with van der Waals surface area (Å²) < 4.78 is 0. The van der Waals surface area contributed by atoms with Crippen molar-refractivity contribution in [2.45, 2.75) is 25.5 Å². The fourth-order valence-electron chi connectivity index (χ4n) is 1.04. The van der Waals surface area contributed by atoms with Crippen LogP contribution >= 0.6 is 0 Å². The van der Waals surface area contributed by atoms with Crippen LogP contribution < -0.4 is 11.2 Å². The maximum Gasteiger partial charge on any atom is 0.303 e. The first-order valence-electron chi connectivity index (χ1n) is 3.81. The average molecular weight is 188 g/mol. The number of nitrogens with one attached hydrogen (secondary N) is 1. The molecule has 0 aromatic rings. The van der Waals surface area contributed by atoms with Gasteiger partial charge in [-0.2, -0.15) is 0 Å². The molecule has 1 unspecified atom stereocenters. The molecule has 1 aliphatic rings. The van der Waals surface area contributed by atoms with Gasteiger partial charge in [0.05, 0.1) is 5.70 Å². The number of rotatable bonds is 3. The summed E-state index contributed by atoms with van der Waals surface area (Å²) in [5.41, 5.74) is 6.37. The summed E-state index contributed by atoms with van der Waals surface area (Å²) in [6.45, 7) is 1.58. The van der Waals surface area contributed by atoms with E-state index in [0.717, 1.165) is 0 Å². The van der Waals surface area contributed by atoms with Crippen molar-refractivity contribution in [2.75, 3.05) is 0 Å². The standard InChI is InChI=1S/C7H12N2O4/c1-4-6(8)7(12,9-13-4)3-2-5(10)11/h9,12H,2-3,8H2,1H3,(H,10,11). The van der Waals surface area contributed by atoms with Crippen LogP contribution in [0.15, 0.2) is 11.5 Å². The number of aliphatic hydroxyl groups is 1. The van der Waals surface area contributed by atoms with E-state index in [2.05, 4.69) is 5.48 Å². The zero-order chi connectivity index (χ0) is 10.1. The van der Waals surface area contributed by atoms with Gasteiger partial charge in [-0.05, 0) is 6.92 Å². The monoisotopic (exact) mass is 188 g/mol. The van der Waals surface area contributed by atoms with Crippen LogP contribution in [0.3, 0.4) is 0 Å². The highest BCUT2D eigenvalue weighted by molar-refractivity contribution is 5.66. The second-order valence-electron chi connectivity index (χ2n) is 2.93. The highest BCUT2D eigenvalue weighted by Gasteiger charge is 2.38. The van der Waals surface area contributed by atoms with Crippen molar-refractivity contribution in [3.63, 3.8) is 0 Å². The molecule has 1 rings (SSSR count). The zero-order valence-electron chi connectivity index (χ0n) is 7.20. The van der Waals surface area contributed by atoms with Crippen LogP contribution in [0.1, 0.15) is 19.8 Å². The highest BCUT2D eigenvalue weighted by atomic mass is 16.7. The number of carbonyl (C=O) groups is 1. The molecule has 0 saturated carbocycles. The van der Waals surface area contributed by atoms with Crippen molar-refractivity contribution in [1.29, 1.82) is 0 Å². The lowest BCUT2D eigenvalue weighted by Crippen LogP contribution is -2.44. The molecule has 6 nitrogen and oxygen atoms in total. The highest BCUT2D eigenvalue weighted by Crippen LogP contribution is 2.24. The molecule has 0 bridgehead atoms. The summed E-state index contributed by atoms with van der Waals surface area (Å²) in [6.07, 6.45) is -0.202. The lowest BCUT2D eigenvalue weighted by Gasteiger charge is -2.20. The van der Waals surface area contributed by atoms with Crippen LogP contribution in [-0.2, 0) is 9.63 Å². The molecule has 1 atom stereocenters. The summed E-state index contributed by atoms with van der Waals surface area (Å²) in [7, 11) is 0. The summed E-state index contributed by atoms with van der Waals surface area (Å²) in [6, 6.07) is 0. The fourth-order valence-corrected chi connectivity index (χ4v) is 1.04. The Bertz CT molecular complexity index is 263. The van der Waals surface area contributed by atoms with Crippen molar-refractivity contribution in [2.24, 2.45) is 5.73 Å². The van der Waals surface area contributed by atoms with Crippen LogP contribution in [-0.4, -0.2) is 21.9 Å². The summed E-state index contributed by atoms with van der Waals surface area (Å²) >= 11 is 0. The summed E-state index contributed by atoms with van der Waals surface area (Å²) in [4.78, 5) is 15.0. The molecule has 13 heavy (non-hydrogen) atoms. The van der Waals surface area contributed by atoms with Crippen LogP contribution in [0.25, 0.3) is 0 Å². The van der Waals surface area contributed by atoms with Crippen molar-refractivity contribution in [3.05, 3.63) is 11.5 Å². The quantitative estimate of drug-likeness (QED) is 0.465. The van der Waals surface area contributed by atoms with E-state index in [1.54, 1.807) is 6.92 Å². The first kappa shape index (κ1) is 9.82. The number of hydroxylamine groups is 1. The summed E-state index contributed by atoms with van der Waals surface area (Å²) in [5, 5.41) is 18.1. The first-order chi connectivity index (χ1) is 5.96. The predicted octanol–water partition coefficient (Wildman–Crippen LogP) is -0.735. The maximum atomic E-state index is 10.2.